The molecule has 0 spiro atoms. The first kappa shape index (κ1) is 10.0. The van der Waals surface area contributed by atoms with Crippen molar-refractivity contribution in [2.45, 2.75) is 0 Å². The largest absolute Gasteiger partial charge is 0.251 e. The van der Waals surface area contributed by atoms with Crippen molar-refractivity contribution < 1.29 is 0 Å². The molecule has 0 unspecified atom stereocenters. The van der Waals surface area contributed by atoms with Gasteiger partial charge in [0.05, 0.1) is 5.69 Å². The van der Waals surface area contributed by atoms with Gasteiger partial charge in [-0.15, -0.1) is 0 Å². The Morgan fingerprint density at radius 3 is 2.45 bits per heavy atom. The highest BCUT2D eigenvalue weighted by molar-refractivity contribution is 6.15. The van der Waals surface area contributed by atoms with Crippen molar-refractivity contribution in [3.63, 3.8) is 0 Å². The van der Waals surface area contributed by atoms with Crippen LogP contribution in [0.2, 0.25) is 0 Å². The van der Waals surface area contributed by atoms with E-state index in [1.807, 2.05) is 0 Å². The molecule has 0 atom stereocenters. The molecule has 0 saturated heterocycles. The Morgan fingerprint density at radius 1 is 0.750 bits per heavy atom. The SMILES string of the molecule is c1cc2c3c(cccc3c1)-c1nc3nccnc3cc1-2. The third kappa shape index (κ3) is 1.12. The van der Waals surface area contributed by atoms with Crippen LogP contribution in [-0.4, -0.2) is 15.0 Å². The van der Waals surface area contributed by atoms with E-state index < -0.39 is 0 Å². The fourth-order valence-electron chi connectivity index (χ4n) is 3.07. The van der Waals surface area contributed by atoms with Gasteiger partial charge in [0.15, 0.2) is 5.65 Å². The summed E-state index contributed by atoms with van der Waals surface area (Å²) < 4.78 is 0. The number of nitrogens with zero attached hydrogens (tertiary/aromatic N) is 3. The van der Waals surface area contributed by atoms with Crippen molar-refractivity contribution in [2.24, 2.45) is 0 Å². The standard InChI is InChI=1S/C17H9N3/c1-3-10-4-2-6-12-15(10)11(5-1)13-9-14-17(20-16(12)13)19-8-7-18-14/h1-9H. The van der Waals surface area contributed by atoms with Gasteiger partial charge in [-0.2, -0.15) is 0 Å². The van der Waals surface area contributed by atoms with Crippen LogP contribution in [0.15, 0.2) is 54.9 Å². The monoisotopic (exact) mass is 255 g/mol. The number of pyridine rings is 1. The van der Waals surface area contributed by atoms with Crippen LogP contribution < -0.4 is 0 Å². The van der Waals surface area contributed by atoms with Gasteiger partial charge in [-0.05, 0) is 22.4 Å². The molecule has 0 radical (unpaired) electrons. The smallest absolute Gasteiger partial charge is 0.178 e. The number of rotatable bonds is 0. The van der Waals surface area contributed by atoms with Gasteiger partial charge in [-0.3, -0.25) is 4.98 Å². The number of aromatic nitrogens is 3. The van der Waals surface area contributed by atoms with E-state index in [4.69, 9.17) is 4.98 Å². The van der Waals surface area contributed by atoms with Crippen LogP contribution in [0.5, 0.6) is 0 Å². The molecule has 20 heavy (non-hydrogen) atoms. The first-order valence-electron chi connectivity index (χ1n) is 6.56. The summed E-state index contributed by atoms with van der Waals surface area (Å²) in [4.78, 5) is 13.4. The minimum atomic E-state index is 0.705. The molecule has 0 bridgehead atoms. The zero-order chi connectivity index (χ0) is 13.1. The molecule has 2 aromatic heterocycles. The molecule has 92 valence electrons. The summed E-state index contributed by atoms with van der Waals surface area (Å²) in [5, 5.41) is 2.54. The van der Waals surface area contributed by atoms with Crippen molar-refractivity contribution in [2.75, 3.05) is 0 Å². The number of fused-ring (bicyclic) bond motifs is 4. The Hall–Kier alpha value is -2.81. The summed E-state index contributed by atoms with van der Waals surface area (Å²) in [6.45, 7) is 0. The number of hydrogen-bond donors (Lipinski definition) is 0. The Bertz CT molecular complexity index is 928. The maximum Gasteiger partial charge on any atom is 0.178 e. The van der Waals surface area contributed by atoms with E-state index >= 15 is 0 Å². The van der Waals surface area contributed by atoms with Gasteiger partial charge in [-0.1, -0.05) is 36.4 Å². The fraction of sp³-hybridized carbons (Fsp3) is 0. The normalized spacial score (nSPS) is 12.0. The highest BCUT2D eigenvalue weighted by Crippen LogP contribution is 2.46. The van der Waals surface area contributed by atoms with Crippen LogP contribution in [0, 0.1) is 0 Å². The van der Waals surface area contributed by atoms with E-state index in [0.717, 1.165) is 16.8 Å². The molecule has 0 saturated carbocycles. The summed E-state index contributed by atoms with van der Waals surface area (Å²) in [6.07, 6.45) is 3.39. The van der Waals surface area contributed by atoms with E-state index in [1.165, 1.54) is 21.9 Å². The first-order chi connectivity index (χ1) is 9.92. The average Bonchev–Trinajstić information content (AvgIpc) is 2.82. The Kier molecular flexibility index (Phi) is 1.70. The second-order valence-corrected chi connectivity index (χ2v) is 4.99. The maximum absolute atomic E-state index is 4.72. The Labute approximate surface area is 115 Å². The number of benzene rings is 2. The second kappa shape index (κ2) is 3.39. The lowest BCUT2D eigenvalue weighted by Gasteiger charge is -2.02. The van der Waals surface area contributed by atoms with Crippen LogP contribution in [0.3, 0.4) is 0 Å². The molecule has 0 amide bonds. The van der Waals surface area contributed by atoms with E-state index in [9.17, 15) is 0 Å². The van der Waals surface area contributed by atoms with Gasteiger partial charge in [0.25, 0.3) is 0 Å². The van der Waals surface area contributed by atoms with E-state index in [2.05, 4.69) is 52.4 Å². The zero-order valence-electron chi connectivity index (χ0n) is 10.5. The maximum atomic E-state index is 4.72. The molecule has 2 aromatic carbocycles. The van der Waals surface area contributed by atoms with Crippen LogP contribution in [-0.2, 0) is 0 Å². The minimum absolute atomic E-state index is 0.705. The highest BCUT2D eigenvalue weighted by atomic mass is 14.9. The van der Waals surface area contributed by atoms with Crippen molar-refractivity contribution in [3.05, 3.63) is 54.9 Å². The van der Waals surface area contributed by atoms with Crippen molar-refractivity contribution in [3.8, 4) is 22.4 Å². The van der Waals surface area contributed by atoms with Crippen molar-refractivity contribution in [1.29, 1.82) is 0 Å². The molecule has 1 aliphatic carbocycles. The summed E-state index contributed by atoms with van der Waals surface area (Å²) >= 11 is 0. The summed E-state index contributed by atoms with van der Waals surface area (Å²) in [5.41, 5.74) is 6.16. The van der Waals surface area contributed by atoms with E-state index in [1.54, 1.807) is 12.4 Å². The molecule has 4 aromatic rings. The molecule has 5 rings (SSSR count). The fourth-order valence-corrected chi connectivity index (χ4v) is 3.07. The lowest BCUT2D eigenvalue weighted by atomic mass is 10.0. The quantitative estimate of drug-likeness (QED) is 0.422. The van der Waals surface area contributed by atoms with Crippen LogP contribution in [0.25, 0.3) is 44.3 Å². The van der Waals surface area contributed by atoms with Crippen molar-refractivity contribution in [1.82, 2.24) is 15.0 Å². The third-order valence-corrected chi connectivity index (χ3v) is 3.91. The van der Waals surface area contributed by atoms with Gasteiger partial charge in [0.2, 0.25) is 0 Å². The van der Waals surface area contributed by atoms with Gasteiger partial charge < -0.3 is 0 Å². The molecule has 3 heteroatoms. The van der Waals surface area contributed by atoms with E-state index in [0.29, 0.717) is 5.65 Å². The molecule has 0 fully saturated rings. The molecule has 1 aliphatic rings. The Balaban J connectivity index is 2.02. The van der Waals surface area contributed by atoms with E-state index in [-0.39, 0.29) is 0 Å². The summed E-state index contributed by atoms with van der Waals surface area (Å²) in [5.74, 6) is 0. The average molecular weight is 255 g/mol. The molecule has 3 nitrogen and oxygen atoms in total. The van der Waals surface area contributed by atoms with Crippen LogP contribution >= 0.6 is 0 Å². The molecular formula is C17H9N3. The number of hydrogen-bond acceptors (Lipinski definition) is 3. The molecule has 0 aliphatic heterocycles. The predicted octanol–water partition coefficient (Wildman–Crippen LogP) is 3.83. The van der Waals surface area contributed by atoms with Gasteiger partial charge >= 0.3 is 0 Å². The summed E-state index contributed by atoms with van der Waals surface area (Å²) in [6, 6.07) is 14.8. The molecule has 0 N–H and O–H groups in total. The Morgan fingerprint density at radius 2 is 1.55 bits per heavy atom. The predicted molar refractivity (Wildman–Crippen MR) is 79.3 cm³/mol. The second-order valence-electron chi connectivity index (χ2n) is 4.99. The topological polar surface area (TPSA) is 38.7 Å². The van der Waals surface area contributed by atoms with Gasteiger partial charge in [0, 0.05) is 23.5 Å². The van der Waals surface area contributed by atoms with Crippen LogP contribution in [0.1, 0.15) is 0 Å². The van der Waals surface area contributed by atoms with Crippen molar-refractivity contribution >= 4 is 21.9 Å². The van der Waals surface area contributed by atoms with Gasteiger partial charge in [0.1, 0.15) is 5.52 Å². The third-order valence-electron chi connectivity index (χ3n) is 3.91. The van der Waals surface area contributed by atoms with Crippen LogP contribution in [0.4, 0.5) is 0 Å². The minimum Gasteiger partial charge on any atom is -0.251 e. The van der Waals surface area contributed by atoms with Gasteiger partial charge in [-0.25, -0.2) is 9.97 Å². The first-order valence-corrected chi connectivity index (χ1v) is 6.56. The molecule has 2 heterocycles. The highest BCUT2D eigenvalue weighted by Gasteiger charge is 2.23. The zero-order valence-corrected chi connectivity index (χ0v) is 10.5. The summed E-state index contributed by atoms with van der Waals surface area (Å²) in [7, 11) is 0. The lowest BCUT2D eigenvalue weighted by molar-refractivity contribution is 1.23. The molecular weight excluding hydrogens is 246 g/mol. The lowest BCUT2D eigenvalue weighted by Crippen LogP contribution is -1.89.